The van der Waals surface area contributed by atoms with Crippen molar-refractivity contribution in [1.29, 1.82) is 0 Å². The monoisotopic (exact) mass is 338 g/mol. The predicted molar refractivity (Wildman–Crippen MR) is 77.7 cm³/mol. The molecule has 8 heteroatoms. The smallest absolute Gasteiger partial charge is 0.335 e. The molecule has 126 valence electrons. The SMILES string of the molecule is O=C(O)c1ccc(OCCOc2ccc(C(=O)O)cc2F)c(F)c1. The van der Waals surface area contributed by atoms with Crippen molar-refractivity contribution in [2.75, 3.05) is 13.2 Å². The van der Waals surface area contributed by atoms with Crippen LogP contribution in [0.1, 0.15) is 20.7 Å². The minimum atomic E-state index is -1.26. The van der Waals surface area contributed by atoms with Gasteiger partial charge in [0.15, 0.2) is 23.1 Å². The van der Waals surface area contributed by atoms with Crippen LogP contribution in [0, 0.1) is 11.6 Å². The molecule has 2 aromatic carbocycles. The second-order valence-electron chi connectivity index (χ2n) is 4.60. The van der Waals surface area contributed by atoms with Crippen LogP contribution in [0.2, 0.25) is 0 Å². The van der Waals surface area contributed by atoms with E-state index in [0.29, 0.717) is 0 Å². The lowest BCUT2D eigenvalue weighted by Gasteiger charge is -2.10. The maximum absolute atomic E-state index is 13.6. The largest absolute Gasteiger partial charge is 0.487 e. The molecule has 0 fully saturated rings. The van der Waals surface area contributed by atoms with Gasteiger partial charge in [-0.15, -0.1) is 0 Å². The molecule has 2 rings (SSSR count). The van der Waals surface area contributed by atoms with Gasteiger partial charge in [0, 0.05) is 0 Å². The minimum absolute atomic E-state index is 0.122. The van der Waals surface area contributed by atoms with E-state index in [9.17, 15) is 18.4 Å². The molecule has 0 heterocycles. The summed E-state index contributed by atoms with van der Waals surface area (Å²) in [5.41, 5.74) is -0.423. The van der Waals surface area contributed by atoms with E-state index in [4.69, 9.17) is 19.7 Å². The van der Waals surface area contributed by atoms with E-state index < -0.39 is 23.6 Å². The Hall–Kier alpha value is -3.16. The summed E-state index contributed by atoms with van der Waals surface area (Å²) in [6.07, 6.45) is 0. The predicted octanol–water partition coefficient (Wildman–Crippen LogP) is 2.82. The van der Waals surface area contributed by atoms with E-state index in [1.165, 1.54) is 24.3 Å². The number of ether oxygens (including phenoxy) is 2. The number of aromatic carboxylic acids is 2. The molecule has 0 bridgehead atoms. The summed E-state index contributed by atoms with van der Waals surface area (Å²) < 4.78 is 37.4. The van der Waals surface area contributed by atoms with Gasteiger partial charge in [-0.2, -0.15) is 0 Å². The Morgan fingerprint density at radius 2 is 1.17 bits per heavy atom. The van der Waals surface area contributed by atoms with Crippen LogP contribution in [-0.4, -0.2) is 35.4 Å². The molecule has 0 aliphatic carbocycles. The summed E-state index contributed by atoms with van der Waals surface area (Å²) in [5.74, 6) is -4.53. The van der Waals surface area contributed by atoms with E-state index in [-0.39, 0.29) is 35.8 Å². The van der Waals surface area contributed by atoms with Gasteiger partial charge in [0.05, 0.1) is 11.1 Å². The molecule has 0 radical (unpaired) electrons. The fourth-order valence-corrected chi connectivity index (χ4v) is 1.81. The Bertz CT molecular complexity index is 710. The molecule has 2 N–H and O–H groups in total. The molecular formula is C16H12F2O6. The van der Waals surface area contributed by atoms with Crippen molar-refractivity contribution in [1.82, 2.24) is 0 Å². The second kappa shape index (κ2) is 7.40. The van der Waals surface area contributed by atoms with Gasteiger partial charge in [0.2, 0.25) is 0 Å². The molecule has 0 saturated carbocycles. The highest BCUT2D eigenvalue weighted by Crippen LogP contribution is 2.20. The Kier molecular flexibility index (Phi) is 5.31. The highest BCUT2D eigenvalue weighted by atomic mass is 19.1. The fraction of sp³-hybridized carbons (Fsp3) is 0.125. The summed E-state index contributed by atoms with van der Waals surface area (Å²) in [5, 5.41) is 17.4. The minimum Gasteiger partial charge on any atom is -0.487 e. The number of benzene rings is 2. The van der Waals surface area contributed by atoms with Gasteiger partial charge in [0.1, 0.15) is 13.2 Å². The summed E-state index contributed by atoms with van der Waals surface area (Å²) in [4.78, 5) is 21.4. The average Bonchev–Trinajstić information content (AvgIpc) is 2.53. The van der Waals surface area contributed by atoms with Crippen LogP contribution in [0.4, 0.5) is 8.78 Å². The first-order chi connectivity index (χ1) is 11.4. The lowest BCUT2D eigenvalue weighted by atomic mass is 10.2. The van der Waals surface area contributed by atoms with Crippen molar-refractivity contribution in [3.63, 3.8) is 0 Å². The van der Waals surface area contributed by atoms with Crippen LogP contribution in [-0.2, 0) is 0 Å². The Morgan fingerprint density at radius 3 is 1.46 bits per heavy atom. The van der Waals surface area contributed by atoms with E-state index in [1.54, 1.807) is 0 Å². The third-order valence-corrected chi connectivity index (χ3v) is 2.96. The molecule has 0 aliphatic heterocycles. The summed E-state index contributed by atoms with van der Waals surface area (Å²) in [6.45, 7) is -0.243. The summed E-state index contributed by atoms with van der Waals surface area (Å²) in [7, 11) is 0. The van der Waals surface area contributed by atoms with Gasteiger partial charge < -0.3 is 19.7 Å². The van der Waals surface area contributed by atoms with Crippen LogP contribution in [0.3, 0.4) is 0 Å². The van der Waals surface area contributed by atoms with Crippen LogP contribution >= 0.6 is 0 Å². The Morgan fingerprint density at radius 1 is 0.792 bits per heavy atom. The highest BCUT2D eigenvalue weighted by Gasteiger charge is 2.11. The quantitative estimate of drug-likeness (QED) is 0.754. The number of carboxylic acids is 2. The molecule has 0 spiro atoms. The third kappa shape index (κ3) is 4.19. The molecule has 0 saturated heterocycles. The zero-order chi connectivity index (χ0) is 17.7. The average molecular weight is 338 g/mol. The maximum Gasteiger partial charge on any atom is 0.335 e. The zero-order valence-corrected chi connectivity index (χ0v) is 12.2. The Balaban J connectivity index is 1.89. The van der Waals surface area contributed by atoms with Crippen molar-refractivity contribution in [3.8, 4) is 11.5 Å². The number of halogens is 2. The molecule has 6 nitrogen and oxygen atoms in total. The lowest BCUT2D eigenvalue weighted by molar-refractivity contribution is 0.0685. The van der Waals surface area contributed by atoms with Gasteiger partial charge >= 0.3 is 11.9 Å². The first-order valence-electron chi connectivity index (χ1n) is 6.70. The normalized spacial score (nSPS) is 10.2. The molecule has 0 atom stereocenters. The molecule has 0 amide bonds. The zero-order valence-electron chi connectivity index (χ0n) is 12.2. The first kappa shape index (κ1) is 17.2. The van der Waals surface area contributed by atoms with Gasteiger partial charge in [-0.25, -0.2) is 18.4 Å². The van der Waals surface area contributed by atoms with Crippen LogP contribution in [0.25, 0.3) is 0 Å². The Labute approximate surface area is 134 Å². The highest BCUT2D eigenvalue weighted by molar-refractivity contribution is 5.88. The topological polar surface area (TPSA) is 93.1 Å². The molecule has 0 aliphatic rings. The van der Waals surface area contributed by atoms with Crippen molar-refractivity contribution in [3.05, 3.63) is 59.2 Å². The van der Waals surface area contributed by atoms with E-state index in [1.807, 2.05) is 0 Å². The summed E-state index contributed by atoms with van der Waals surface area (Å²) >= 11 is 0. The summed E-state index contributed by atoms with van der Waals surface area (Å²) in [6, 6.07) is 6.35. The molecular weight excluding hydrogens is 326 g/mol. The van der Waals surface area contributed by atoms with Crippen molar-refractivity contribution in [2.45, 2.75) is 0 Å². The van der Waals surface area contributed by atoms with Crippen molar-refractivity contribution >= 4 is 11.9 Å². The van der Waals surface area contributed by atoms with Crippen molar-refractivity contribution < 1.29 is 38.1 Å². The van der Waals surface area contributed by atoms with Gasteiger partial charge in [0.25, 0.3) is 0 Å². The van der Waals surface area contributed by atoms with E-state index in [0.717, 1.165) is 12.1 Å². The number of rotatable bonds is 7. The molecule has 2 aromatic rings. The third-order valence-electron chi connectivity index (χ3n) is 2.96. The maximum atomic E-state index is 13.6. The number of hydrogen-bond acceptors (Lipinski definition) is 4. The van der Waals surface area contributed by atoms with Gasteiger partial charge in [-0.05, 0) is 36.4 Å². The molecule has 24 heavy (non-hydrogen) atoms. The van der Waals surface area contributed by atoms with Crippen LogP contribution in [0.5, 0.6) is 11.5 Å². The standard InChI is InChI=1S/C16H12F2O6/c17-11-7-9(15(19)20)1-3-13(11)23-5-6-24-14-4-2-10(16(21)22)8-12(14)18/h1-4,7-8H,5-6H2,(H,19,20)(H,21,22). The number of carboxylic acid groups (broad SMARTS) is 2. The van der Waals surface area contributed by atoms with Crippen LogP contribution < -0.4 is 9.47 Å². The van der Waals surface area contributed by atoms with Crippen LogP contribution in [0.15, 0.2) is 36.4 Å². The first-order valence-corrected chi connectivity index (χ1v) is 6.70. The van der Waals surface area contributed by atoms with Gasteiger partial charge in [-0.3, -0.25) is 0 Å². The number of carbonyl (C=O) groups is 2. The lowest BCUT2D eigenvalue weighted by Crippen LogP contribution is -2.11. The van der Waals surface area contributed by atoms with Crippen molar-refractivity contribution in [2.24, 2.45) is 0 Å². The van der Waals surface area contributed by atoms with Gasteiger partial charge in [-0.1, -0.05) is 0 Å². The fourth-order valence-electron chi connectivity index (χ4n) is 1.81. The van der Waals surface area contributed by atoms with E-state index >= 15 is 0 Å². The molecule has 0 aromatic heterocycles. The van der Waals surface area contributed by atoms with E-state index in [2.05, 4.69) is 0 Å². The molecule has 0 unspecified atom stereocenters. The number of hydrogen-bond donors (Lipinski definition) is 2. The second-order valence-corrected chi connectivity index (χ2v) is 4.60.